The molecule has 0 N–H and O–H groups in total. The third-order valence-electron chi connectivity index (χ3n) is 5.32. The highest BCUT2D eigenvalue weighted by Crippen LogP contribution is 2.28. The van der Waals surface area contributed by atoms with Gasteiger partial charge in [-0.15, -0.1) is 11.3 Å². The monoisotopic (exact) mass is 367 g/mol. The molecule has 0 bridgehead atoms. The number of amides is 1. The van der Waals surface area contributed by atoms with Crippen LogP contribution in [0.15, 0.2) is 41.8 Å². The number of nitrogens with zero attached hydrogens (tertiary/aromatic N) is 3. The predicted octanol–water partition coefficient (Wildman–Crippen LogP) is 4.13. The Bertz CT molecular complexity index is 764. The molecule has 1 amide bonds. The lowest BCUT2D eigenvalue weighted by atomic mass is 9.88. The number of hydrogen-bond donors (Lipinski definition) is 0. The largest absolute Gasteiger partial charge is 0.337 e. The molecule has 26 heavy (non-hydrogen) atoms. The molecule has 1 aliphatic carbocycles. The molecule has 1 aromatic heterocycles. The van der Waals surface area contributed by atoms with Gasteiger partial charge in [0.1, 0.15) is 0 Å². The second-order valence-corrected chi connectivity index (χ2v) is 8.05. The molecule has 0 aliphatic heterocycles. The van der Waals surface area contributed by atoms with Gasteiger partial charge >= 0.3 is 0 Å². The molecule has 0 saturated heterocycles. The highest BCUT2D eigenvalue weighted by Gasteiger charge is 2.33. The molecule has 2 aromatic rings. The van der Waals surface area contributed by atoms with Crippen LogP contribution in [0.2, 0.25) is 0 Å². The van der Waals surface area contributed by atoms with Crippen molar-refractivity contribution in [3.8, 4) is 6.07 Å². The van der Waals surface area contributed by atoms with Gasteiger partial charge in [-0.1, -0.05) is 18.9 Å². The van der Waals surface area contributed by atoms with E-state index in [1.165, 1.54) is 17.7 Å². The number of carbonyl (C=O) groups is 1. The first-order valence-corrected chi connectivity index (χ1v) is 9.98. The van der Waals surface area contributed by atoms with Gasteiger partial charge in [0.2, 0.25) is 0 Å². The van der Waals surface area contributed by atoms with E-state index in [1.54, 1.807) is 35.6 Å². The summed E-state index contributed by atoms with van der Waals surface area (Å²) < 4.78 is 0. The third-order valence-corrected chi connectivity index (χ3v) is 6.19. The quantitative estimate of drug-likeness (QED) is 0.798. The molecule has 2 atom stereocenters. The summed E-state index contributed by atoms with van der Waals surface area (Å²) in [6.45, 7) is 0.928. The van der Waals surface area contributed by atoms with Crippen molar-refractivity contribution in [1.29, 1.82) is 5.26 Å². The number of nitriles is 1. The standard InChI is InChI=1S/C21H25N3OS/c1-23(15-18-6-5-13-26-18)19-7-3-4-8-20(19)24(2)21(25)17-11-9-16(14-22)10-12-17/h5-6,9-13,19-20H,3-4,7-8,15H2,1-2H3. The molecular formula is C21H25N3OS. The van der Waals surface area contributed by atoms with Crippen LogP contribution in [-0.4, -0.2) is 41.9 Å². The molecule has 4 nitrogen and oxygen atoms in total. The van der Waals surface area contributed by atoms with Crippen LogP contribution in [0, 0.1) is 11.3 Å². The average Bonchev–Trinajstić information content (AvgIpc) is 3.20. The fourth-order valence-electron chi connectivity index (χ4n) is 3.86. The second kappa shape index (κ2) is 8.48. The molecule has 5 heteroatoms. The van der Waals surface area contributed by atoms with Gasteiger partial charge in [-0.05, 0) is 55.6 Å². The van der Waals surface area contributed by atoms with E-state index < -0.39 is 0 Å². The summed E-state index contributed by atoms with van der Waals surface area (Å²) in [5, 5.41) is 11.0. The SMILES string of the molecule is CN(Cc1cccs1)C1CCCCC1N(C)C(=O)c1ccc(C#N)cc1. The fourth-order valence-corrected chi connectivity index (χ4v) is 4.63. The molecular weight excluding hydrogens is 342 g/mol. The van der Waals surface area contributed by atoms with Crippen LogP contribution in [0.25, 0.3) is 0 Å². The molecule has 1 heterocycles. The number of thiophene rings is 1. The molecule has 2 unspecified atom stereocenters. The van der Waals surface area contributed by atoms with Gasteiger partial charge in [0.05, 0.1) is 11.6 Å². The minimum atomic E-state index is 0.0379. The van der Waals surface area contributed by atoms with E-state index in [2.05, 4.69) is 35.5 Å². The highest BCUT2D eigenvalue weighted by atomic mass is 32.1. The van der Waals surface area contributed by atoms with Crippen molar-refractivity contribution in [3.05, 3.63) is 57.8 Å². The molecule has 1 fully saturated rings. The second-order valence-electron chi connectivity index (χ2n) is 7.02. The van der Waals surface area contributed by atoms with Gasteiger partial charge in [0, 0.05) is 36.1 Å². The van der Waals surface area contributed by atoms with Crippen molar-refractivity contribution >= 4 is 17.2 Å². The van der Waals surface area contributed by atoms with Gasteiger partial charge in [0.25, 0.3) is 5.91 Å². The van der Waals surface area contributed by atoms with Crippen molar-refractivity contribution in [2.45, 2.75) is 44.3 Å². The zero-order chi connectivity index (χ0) is 18.5. The summed E-state index contributed by atoms with van der Waals surface area (Å²) in [4.78, 5) is 18.6. The van der Waals surface area contributed by atoms with E-state index in [9.17, 15) is 4.79 Å². The van der Waals surface area contributed by atoms with Crippen LogP contribution < -0.4 is 0 Å². The first-order valence-electron chi connectivity index (χ1n) is 9.10. The van der Waals surface area contributed by atoms with Crippen LogP contribution in [0.4, 0.5) is 0 Å². The zero-order valence-corrected chi connectivity index (χ0v) is 16.2. The van der Waals surface area contributed by atoms with Gasteiger partial charge in [-0.25, -0.2) is 0 Å². The van der Waals surface area contributed by atoms with Crippen molar-refractivity contribution in [2.24, 2.45) is 0 Å². The number of carbonyl (C=O) groups excluding carboxylic acids is 1. The summed E-state index contributed by atoms with van der Waals surface area (Å²) >= 11 is 1.78. The van der Waals surface area contributed by atoms with E-state index in [-0.39, 0.29) is 11.9 Å². The highest BCUT2D eigenvalue weighted by molar-refractivity contribution is 7.09. The molecule has 136 valence electrons. The van der Waals surface area contributed by atoms with Gasteiger partial charge in [0.15, 0.2) is 0 Å². The van der Waals surface area contributed by atoms with Crippen molar-refractivity contribution in [3.63, 3.8) is 0 Å². The van der Waals surface area contributed by atoms with Gasteiger partial charge < -0.3 is 4.90 Å². The van der Waals surface area contributed by atoms with Crippen LogP contribution in [0.5, 0.6) is 0 Å². The van der Waals surface area contributed by atoms with E-state index in [0.29, 0.717) is 17.2 Å². The minimum Gasteiger partial charge on any atom is -0.337 e. The Kier molecular flexibility index (Phi) is 6.08. The number of likely N-dealkylation sites (N-methyl/N-ethyl adjacent to an activating group) is 2. The van der Waals surface area contributed by atoms with E-state index in [4.69, 9.17) is 5.26 Å². The van der Waals surface area contributed by atoms with Crippen molar-refractivity contribution in [2.75, 3.05) is 14.1 Å². The van der Waals surface area contributed by atoms with E-state index >= 15 is 0 Å². The lowest BCUT2D eigenvalue weighted by Gasteiger charge is -2.42. The lowest BCUT2D eigenvalue weighted by Crippen LogP contribution is -2.52. The zero-order valence-electron chi connectivity index (χ0n) is 15.4. The maximum atomic E-state index is 13.0. The molecule has 0 radical (unpaired) electrons. The Labute approximate surface area is 159 Å². The number of benzene rings is 1. The summed E-state index contributed by atoms with van der Waals surface area (Å²) in [5.74, 6) is 0.0379. The van der Waals surface area contributed by atoms with Crippen LogP contribution in [0.3, 0.4) is 0 Å². The predicted molar refractivity (Wildman–Crippen MR) is 105 cm³/mol. The Morgan fingerprint density at radius 3 is 2.46 bits per heavy atom. The molecule has 1 aliphatic rings. The maximum absolute atomic E-state index is 13.0. The van der Waals surface area contributed by atoms with Gasteiger partial charge in [-0.2, -0.15) is 5.26 Å². The first kappa shape index (κ1) is 18.6. The number of rotatable bonds is 5. The van der Waals surface area contributed by atoms with Crippen LogP contribution in [0.1, 0.15) is 46.5 Å². The Morgan fingerprint density at radius 1 is 1.15 bits per heavy atom. The van der Waals surface area contributed by atoms with Crippen molar-refractivity contribution < 1.29 is 4.79 Å². The Morgan fingerprint density at radius 2 is 1.85 bits per heavy atom. The Hall–Kier alpha value is -2.16. The summed E-state index contributed by atoms with van der Waals surface area (Å²) in [6, 6.07) is 13.9. The molecule has 0 spiro atoms. The number of hydrogen-bond acceptors (Lipinski definition) is 4. The smallest absolute Gasteiger partial charge is 0.253 e. The fraction of sp³-hybridized carbons (Fsp3) is 0.429. The molecule has 1 saturated carbocycles. The van der Waals surface area contributed by atoms with E-state index in [0.717, 1.165) is 19.4 Å². The third kappa shape index (κ3) is 4.14. The van der Waals surface area contributed by atoms with Crippen molar-refractivity contribution in [1.82, 2.24) is 9.80 Å². The average molecular weight is 368 g/mol. The van der Waals surface area contributed by atoms with Crippen LogP contribution in [-0.2, 0) is 6.54 Å². The van der Waals surface area contributed by atoms with Crippen LogP contribution >= 0.6 is 11.3 Å². The molecule has 1 aromatic carbocycles. The summed E-state index contributed by atoms with van der Waals surface area (Å²) in [5.41, 5.74) is 1.23. The lowest BCUT2D eigenvalue weighted by molar-refractivity contribution is 0.0488. The first-order chi connectivity index (χ1) is 12.6. The Balaban J connectivity index is 1.73. The summed E-state index contributed by atoms with van der Waals surface area (Å²) in [7, 11) is 4.09. The molecule has 3 rings (SSSR count). The minimum absolute atomic E-state index is 0.0379. The normalized spacial score (nSPS) is 19.9. The van der Waals surface area contributed by atoms with E-state index in [1.807, 2.05) is 11.9 Å². The van der Waals surface area contributed by atoms with Gasteiger partial charge in [-0.3, -0.25) is 9.69 Å². The maximum Gasteiger partial charge on any atom is 0.253 e. The summed E-state index contributed by atoms with van der Waals surface area (Å²) in [6.07, 6.45) is 4.54. The topological polar surface area (TPSA) is 47.3 Å².